The third-order valence-electron chi connectivity index (χ3n) is 18.4. The number of benzene rings is 10. The molecule has 0 atom stereocenters. The normalized spacial score (nSPS) is 15.8. The molecular formula is C74H63N. The Bertz CT molecular complexity index is 3850. The monoisotopic (exact) mass is 965 g/mol. The van der Waals surface area contributed by atoms with Crippen molar-refractivity contribution in [1.29, 1.82) is 0 Å². The van der Waals surface area contributed by atoms with E-state index in [2.05, 4.69) is 269 Å². The topological polar surface area (TPSA) is 12.0 Å². The van der Waals surface area contributed by atoms with E-state index in [1.807, 2.05) is 0 Å². The summed E-state index contributed by atoms with van der Waals surface area (Å²) in [5.74, 6) is 0. The number of hydrogen-bond donors (Lipinski definition) is 1. The maximum Gasteiger partial charge on any atom is 0.0464 e. The fourth-order valence-electron chi connectivity index (χ4n) is 14.1. The Balaban J connectivity index is 0.771. The molecule has 10 aromatic rings. The fourth-order valence-corrected chi connectivity index (χ4v) is 14.1. The van der Waals surface area contributed by atoms with Gasteiger partial charge in [-0.15, -0.1) is 0 Å². The van der Waals surface area contributed by atoms with Crippen molar-refractivity contribution in [1.82, 2.24) is 0 Å². The maximum atomic E-state index is 4.01. The van der Waals surface area contributed by atoms with Crippen molar-refractivity contribution in [3.05, 3.63) is 250 Å². The molecule has 75 heavy (non-hydrogen) atoms. The smallest absolute Gasteiger partial charge is 0.0464 e. The van der Waals surface area contributed by atoms with Crippen molar-refractivity contribution in [2.75, 3.05) is 5.32 Å². The number of nitrogens with one attached hydrogen (secondary N) is 1. The van der Waals surface area contributed by atoms with Crippen molar-refractivity contribution < 1.29 is 0 Å². The molecule has 0 spiro atoms. The van der Waals surface area contributed by atoms with E-state index in [-0.39, 0.29) is 21.7 Å². The SMILES string of the molecule is Cc1ccc(Nc2ccc(C)cc2-c2ccc3c(c2)C(C)(C)c2cc(-c4ccc5c(c4)C(C)(C)c4ccccc4-5)ccc2-3)c(-c2ccc3c(c2)C(C)(C)c2cc(-c4ccc5c(c4)C(C)(C)c4ccccc4-5)ccc2-3)c1. The Morgan fingerprint density at radius 3 is 0.800 bits per heavy atom. The quantitative estimate of drug-likeness (QED) is 0.175. The van der Waals surface area contributed by atoms with Crippen molar-refractivity contribution in [3.8, 4) is 89.0 Å². The summed E-state index contributed by atoms with van der Waals surface area (Å²) in [6, 6.07) is 74.5. The summed E-state index contributed by atoms with van der Waals surface area (Å²) in [5.41, 5.74) is 36.1. The first-order valence-electron chi connectivity index (χ1n) is 27.1. The molecule has 0 heterocycles. The lowest BCUT2D eigenvalue weighted by Gasteiger charge is -2.24. The van der Waals surface area contributed by atoms with Gasteiger partial charge in [0.15, 0.2) is 0 Å². The summed E-state index contributed by atoms with van der Waals surface area (Å²) in [7, 11) is 0. The van der Waals surface area contributed by atoms with Crippen LogP contribution in [0.5, 0.6) is 0 Å². The molecule has 0 amide bonds. The molecule has 0 fully saturated rings. The highest BCUT2D eigenvalue weighted by Crippen LogP contribution is 2.56. The maximum absolute atomic E-state index is 4.01. The van der Waals surface area contributed by atoms with Gasteiger partial charge in [0.1, 0.15) is 0 Å². The van der Waals surface area contributed by atoms with Crippen LogP contribution < -0.4 is 5.32 Å². The fraction of sp³-hybridized carbons (Fsp3) is 0.189. The van der Waals surface area contributed by atoms with Crippen LogP contribution >= 0.6 is 0 Å². The molecular weight excluding hydrogens is 903 g/mol. The first-order valence-corrected chi connectivity index (χ1v) is 27.1. The molecule has 10 aromatic carbocycles. The molecule has 14 rings (SSSR count). The molecule has 1 N–H and O–H groups in total. The molecule has 1 heteroatoms. The summed E-state index contributed by atoms with van der Waals surface area (Å²) in [6.45, 7) is 23.5. The van der Waals surface area contributed by atoms with Gasteiger partial charge in [-0.2, -0.15) is 0 Å². The first-order chi connectivity index (χ1) is 36.0. The summed E-state index contributed by atoms with van der Waals surface area (Å²) in [4.78, 5) is 0. The van der Waals surface area contributed by atoms with E-state index in [0.29, 0.717) is 0 Å². The Labute approximate surface area is 444 Å². The number of rotatable bonds is 6. The molecule has 0 saturated carbocycles. The van der Waals surface area contributed by atoms with Crippen LogP contribution in [0, 0.1) is 13.8 Å². The predicted molar refractivity (Wildman–Crippen MR) is 318 cm³/mol. The van der Waals surface area contributed by atoms with E-state index < -0.39 is 0 Å². The molecule has 364 valence electrons. The van der Waals surface area contributed by atoms with Crippen LogP contribution in [0.3, 0.4) is 0 Å². The van der Waals surface area contributed by atoms with Gasteiger partial charge in [0.05, 0.1) is 0 Å². The standard InChI is InChI=1S/C74H63N/c1-43-19-33-69(59(35-43)49-25-31-57-55-29-23-47(39-65(55)73(7,8)67(57)41-49)45-21-27-53-51-15-11-13-17-61(51)71(3,4)63(53)37-45)75-70-34-20-44(2)36-60(70)50-26-32-58-56-30-24-48(40-66(56)74(9,10)68(58)42-50)46-22-28-54-52-16-12-14-18-62(52)72(5,6)64(54)38-46/h11-42,75H,1-10H3. The van der Waals surface area contributed by atoms with Gasteiger partial charge >= 0.3 is 0 Å². The Kier molecular flexibility index (Phi) is 9.58. The van der Waals surface area contributed by atoms with Gasteiger partial charge in [0.2, 0.25) is 0 Å². The number of anilines is 2. The second kappa shape index (κ2) is 15.8. The zero-order valence-electron chi connectivity index (χ0n) is 45.0. The zero-order valence-corrected chi connectivity index (χ0v) is 45.0. The third kappa shape index (κ3) is 6.63. The van der Waals surface area contributed by atoms with Crippen LogP contribution in [-0.4, -0.2) is 0 Å². The van der Waals surface area contributed by atoms with Gasteiger partial charge in [0, 0.05) is 44.2 Å². The zero-order chi connectivity index (χ0) is 51.5. The van der Waals surface area contributed by atoms with E-state index in [4.69, 9.17) is 0 Å². The molecule has 0 aliphatic heterocycles. The van der Waals surface area contributed by atoms with Crippen LogP contribution in [0.2, 0.25) is 0 Å². The lowest BCUT2D eigenvalue weighted by molar-refractivity contribution is 0.659. The van der Waals surface area contributed by atoms with Crippen molar-refractivity contribution in [2.24, 2.45) is 0 Å². The summed E-state index contributed by atoms with van der Waals surface area (Å²) < 4.78 is 0. The molecule has 4 aliphatic carbocycles. The number of fused-ring (bicyclic) bond motifs is 12. The summed E-state index contributed by atoms with van der Waals surface area (Å²) >= 11 is 0. The predicted octanol–water partition coefficient (Wildman–Crippen LogP) is 19.9. The van der Waals surface area contributed by atoms with Gasteiger partial charge in [-0.05, 0) is 197 Å². The van der Waals surface area contributed by atoms with E-state index in [1.54, 1.807) is 0 Å². The molecule has 0 aromatic heterocycles. The van der Waals surface area contributed by atoms with Gasteiger partial charge < -0.3 is 5.32 Å². The minimum absolute atomic E-state index is 0.0379. The third-order valence-corrected chi connectivity index (χ3v) is 18.4. The highest BCUT2D eigenvalue weighted by atomic mass is 14.9. The largest absolute Gasteiger partial charge is 0.355 e. The Morgan fingerprint density at radius 2 is 0.480 bits per heavy atom. The molecule has 4 aliphatic rings. The lowest BCUT2D eigenvalue weighted by Crippen LogP contribution is -2.15. The Morgan fingerprint density at radius 1 is 0.227 bits per heavy atom. The van der Waals surface area contributed by atoms with Crippen molar-refractivity contribution >= 4 is 11.4 Å². The number of hydrogen-bond acceptors (Lipinski definition) is 1. The van der Waals surface area contributed by atoms with E-state index in [1.165, 1.54) is 145 Å². The highest BCUT2D eigenvalue weighted by molar-refractivity contribution is 5.94. The summed E-state index contributed by atoms with van der Waals surface area (Å²) in [6.07, 6.45) is 0. The van der Waals surface area contributed by atoms with Crippen LogP contribution in [0.15, 0.2) is 194 Å². The second-order valence-corrected chi connectivity index (χ2v) is 24.4. The van der Waals surface area contributed by atoms with E-state index in [9.17, 15) is 0 Å². The summed E-state index contributed by atoms with van der Waals surface area (Å²) in [5, 5.41) is 4.01. The van der Waals surface area contributed by atoms with Gasteiger partial charge in [-0.3, -0.25) is 0 Å². The number of aryl methyl sites for hydroxylation is 2. The van der Waals surface area contributed by atoms with Crippen LogP contribution in [0.25, 0.3) is 89.0 Å². The lowest BCUT2D eigenvalue weighted by atomic mass is 9.80. The van der Waals surface area contributed by atoms with E-state index >= 15 is 0 Å². The average Bonchev–Trinajstić information content (AvgIpc) is 4.00. The minimum atomic E-state index is -0.182. The first kappa shape index (κ1) is 45.6. The van der Waals surface area contributed by atoms with Crippen molar-refractivity contribution in [3.63, 3.8) is 0 Å². The van der Waals surface area contributed by atoms with Crippen LogP contribution in [0.1, 0.15) is 111 Å². The molecule has 1 nitrogen and oxygen atoms in total. The van der Waals surface area contributed by atoms with Gasteiger partial charge in [-0.1, -0.05) is 200 Å². The van der Waals surface area contributed by atoms with Gasteiger partial charge in [0.25, 0.3) is 0 Å². The molecule has 0 bridgehead atoms. The average molecular weight is 966 g/mol. The van der Waals surface area contributed by atoms with Crippen molar-refractivity contribution in [2.45, 2.75) is 90.9 Å². The van der Waals surface area contributed by atoms with E-state index in [0.717, 1.165) is 11.4 Å². The van der Waals surface area contributed by atoms with Crippen LogP contribution in [0.4, 0.5) is 11.4 Å². The van der Waals surface area contributed by atoms with Crippen LogP contribution in [-0.2, 0) is 21.7 Å². The van der Waals surface area contributed by atoms with Gasteiger partial charge in [-0.25, -0.2) is 0 Å². The minimum Gasteiger partial charge on any atom is -0.355 e. The Hall–Kier alpha value is -8.00. The highest BCUT2D eigenvalue weighted by Gasteiger charge is 2.40. The molecule has 0 unspecified atom stereocenters. The molecule has 0 saturated heterocycles. The second-order valence-electron chi connectivity index (χ2n) is 24.4. The molecule has 0 radical (unpaired) electrons.